The van der Waals surface area contributed by atoms with Crippen molar-refractivity contribution in [3.63, 3.8) is 0 Å². The number of para-hydroxylation sites is 1. The number of nitro groups is 1. The number of nitro benzene ring substituents is 1. The summed E-state index contributed by atoms with van der Waals surface area (Å²) in [7, 11) is 0. The van der Waals surface area contributed by atoms with Crippen molar-refractivity contribution in [1.29, 1.82) is 0 Å². The van der Waals surface area contributed by atoms with Crippen molar-refractivity contribution >= 4 is 5.69 Å². The molecule has 0 saturated carbocycles. The first-order valence-corrected chi connectivity index (χ1v) is 6.77. The Bertz CT molecular complexity index is 643. The van der Waals surface area contributed by atoms with Gasteiger partial charge in [-0.25, -0.2) is 0 Å². The number of non-ortho nitro benzene ring substituents is 1. The maximum absolute atomic E-state index is 10.8. The highest BCUT2D eigenvalue weighted by Crippen LogP contribution is 2.26. The molecule has 5 nitrogen and oxygen atoms in total. The summed E-state index contributed by atoms with van der Waals surface area (Å²) in [6.07, 6.45) is 0. The van der Waals surface area contributed by atoms with Gasteiger partial charge in [-0.05, 0) is 25.5 Å². The molecule has 0 aliphatic heterocycles. The van der Waals surface area contributed by atoms with Gasteiger partial charge in [0.2, 0.25) is 0 Å². The summed E-state index contributed by atoms with van der Waals surface area (Å²) in [5.74, 6) is 0.240. The minimum absolute atomic E-state index is 0.0690. The zero-order valence-electron chi connectivity index (χ0n) is 12.0. The third-order valence-electron chi connectivity index (χ3n) is 3.48. The predicted octanol–water partition coefficient (Wildman–Crippen LogP) is 3.71. The third-order valence-corrected chi connectivity index (χ3v) is 3.48. The van der Waals surface area contributed by atoms with Crippen LogP contribution in [0.25, 0.3) is 0 Å². The summed E-state index contributed by atoms with van der Waals surface area (Å²) in [6.45, 7) is 3.89. The zero-order chi connectivity index (χ0) is 15.4. The van der Waals surface area contributed by atoms with Crippen LogP contribution < -0.4 is 5.32 Å². The van der Waals surface area contributed by atoms with Crippen LogP contribution in [0.4, 0.5) is 5.69 Å². The summed E-state index contributed by atoms with van der Waals surface area (Å²) in [6, 6.07) is 13.6. The summed E-state index contributed by atoms with van der Waals surface area (Å²) < 4.78 is 0. The number of aromatic hydroxyl groups is 1. The monoisotopic (exact) mass is 286 g/mol. The molecule has 2 N–H and O–H groups in total. The molecule has 0 bridgehead atoms. The smallest absolute Gasteiger partial charge is 0.269 e. The minimum Gasteiger partial charge on any atom is -0.508 e. The Kier molecular flexibility index (Phi) is 4.55. The van der Waals surface area contributed by atoms with Crippen LogP contribution in [0.15, 0.2) is 48.5 Å². The minimum atomic E-state index is -0.400. The summed E-state index contributed by atoms with van der Waals surface area (Å²) >= 11 is 0. The molecule has 2 atom stereocenters. The van der Waals surface area contributed by atoms with Crippen molar-refractivity contribution in [2.24, 2.45) is 0 Å². The van der Waals surface area contributed by atoms with E-state index in [4.69, 9.17) is 0 Å². The normalized spacial score (nSPS) is 13.6. The average molecular weight is 286 g/mol. The number of nitrogens with one attached hydrogen (secondary N) is 1. The van der Waals surface area contributed by atoms with Gasteiger partial charge in [-0.2, -0.15) is 0 Å². The highest BCUT2D eigenvalue weighted by atomic mass is 16.6. The van der Waals surface area contributed by atoms with Crippen LogP contribution in [0, 0.1) is 10.1 Å². The van der Waals surface area contributed by atoms with E-state index >= 15 is 0 Å². The predicted molar refractivity (Wildman–Crippen MR) is 81.2 cm³/mol. The van der Waals surface area contributed by atoms with Crippen LogP contribution in [0.5, 0.6) is 5.75 Å². The lowest BCUT2D eigenvalue weighted by Gasteiger charge is -2.21. The van der Waals surface area contributed by atoms with E-state index in [2.05, 4.69) is 5.32 Å². The molecular formula is C16H18N2O3. The maximum Gasteiger partial charge on any atom is 0.269 e. The van der Waals surface area contributed by atoms with Crippen molar-refractivity contribution < 1.29 is 10.0 Å². The number of nitrogens with zero attached hydrogens (tertiary/aromatic N) is 1. The number of rotatable bonds is 5. The molecule has 5 heteroatoms. The second-order valence-corrected chi connectivity index (χ2v) is 5.02. The molecule has 0 radical (unpaired) electrons. The summed E-state index contributed by atoms with van der Waals surface area (Å²) in [5.41, 5.74) is 1.72. The molecule has 0 spiro atoms. The second-order valence-electron chi connectivity index (χ2n) is 5.02. The molecule has 0 aliphatic carbocycles. The van der Waals surface area contributed by atoms with Crippen molar-refractivity contribution in [2.75, 3.05) is 0 Å². The molecule has 0 aliphatic rings. The fourth-order valence-corrected chi connectivity index (χ4v) is 2.32. The van der Waals surface area contributed by atoms with Gasteiger partial charge in [0.15, 0.2) is 0 Å². The van der Waals surface area contributed by atoms with Gasteiger partial charge in [0.25, 0.3) is 5.69 Å². The van der Waals surface area contributed by atoms with Crippen molar-refractivity contribution in [1.82, 2.24) is 5.32 Å². The van der Waals surface area contributed by atoms with E-state index in [-0.39, 0.29) is 23.5 Å². The Morgan fingerprint density at radius 1 is 1.10 bits per heavy atom. The molecule has 0 aromatic heterocycles. The molecule has 0 saturated heterocycles. The zero-order valence-corrected chi connectivity index (χ0v) is 12.0. The Morgan fingerprint density at radius 3 is 2.48 bits per heavy atom. The van der Waals surface area contributed by atoms with Gasteiger partial charge < -0.3 is 10.4 Å². The SMILES string of the molecule is CC(NC(C)c1ccccc1O)c1cccc([N+](=O)[O-])c1. The molecule has 0 heterocycles. The van der Waals surface area contributed by atoms with Crippen molar-refractivity contribution in [3.05, 3.63) is 69.8 Å². The fourth-order valence-electron chi connectivity index (χ4n) is 2.32. The molecule has 2 aromatic rings. The Balaban J connectivity index is 2.14. The highest BCUT2D eigenvalue weighted by molar-refractivity contribution is 5.37. The standard InChI is InChI=1S/C16H18N2O3/c1-11(13-6-5-7-14(10-13)18(20)21)17-12(2)15-8-3-4-9-16(15)19/h3-12,17,19H,1-2H3. The molecule has 2 rings (SSSR count). The first-order valence-electron chi connectivity index (χ1n) is 6.77. The van der Waals surface area contributed by atoms with E-state index < -0.39 is 4.92 Å². The number of phenolic OH excluding ortho intramolecular Hbond substituents is 1. The van der Waals surface area contributed by atoms with Gasteiger partial charge in [0.1, 0.15) is 5.75 Å². The first-order chi connectivity index (χ1) is 9.99. The number of benzene rings is 2. The second kappa shape index (κ2) is 6.37. The topological polar surface area (TPSA) is 75.4 Å². The number of hydrogen-bond acceptors (Lipinski definition) is 4. The number of phenols is 1. The van der Waals surface area contributed by atoms with E-state index in [0.29, 0.717) is 0 Å². The van der Waals surface area contributed by atoms with E-state index in [9.17, 15) is 15.2 Å². The van der Waals surface area contributed by atoms with E-state index in [1.165, 1.54) is 6.07 Å². The lowest BCUT2D eigenvalue weighted by atomic mass is 10.0. The molecular weight excluding hydrogens is 268 g/mol. The molecule has 2 aromatic carbocycles. The quantitative estimate of drug-likeness (QED) is 0.649. The van der Waals surface area contributed by atoms with Crippen molar-refractivity contribution in [2.45, 2.75) is 25.9 Å². The van der Waals surface area contributed by atoms with Crippen LogP contribution >= 0.6 is 0 Å². The first kappa shape index (κ1) is 15.0. The lowest BCUT2D eigenvalue weighted by Crippen LogP contribution is -2.22. The van der Waals surface area contributed by atoms with Crippen LogP contribution in [0.3, 0.4) is 0 Å². The Labute approximate surface area is 123 Å². The Morgan fingerprint density at radius 2 is 1.81 bits per heavy atom. The molecule has 0 fully saturated rings. The van der Waals surface area contributed by atoms with Gasteiger partial charge in [-0.3, -0.25) is 10.1 Å². The molecule has 110 valence electrons. The average Bonchev–Trinajstić information content (AvgIpc) is 2.47. The van der Waals surface area contributed by atoms with Gasteiger partial charge in [0.05, 0.1) is 4.92 Å². The number of hydrogen-bond donors (Lipinski definition) is 2. The van der Waals surface area contributed by atoms with Gasteiger partial charge in [0, 0.05) is 29.8 Å². The maximum atomic E-state index is 10.8. The van der Waals surface area contributed by atoms with Crippen LogP contribution in [0.2, 0.25) is 0 Å². The Hall–Kier alpha value is -2.40. The van der Waals surface area contributed by atoms with Crippen molar-refractivity contribution in [3.8, 4) is 5.75 Å². The summed E-state index contributed by atoms with van der Waals surface area (Å²) in [4.78, 5) is 10.4. The fraction of sp³-hybridized carbons (Fsp3) is 0.250. The highest BCUT2D eigenvalue weighted by Gasteiger charge is 2.15. The van der Waals surface area contributed by atoms with Crippen LogP contribution in [-0.2, 0) is 0 Å². The van der Waals surface area contributed by atoms with Crippen LogP contribution in [0.1, 0.15) is 37.1 Å². The molecule has 0 amide bonds. The van der Waals surface area contributed by atoms with Crippen LogP contribution in [-0.4, -0.2) is 10.0 Å². The van der Waals surface area contributed by atoms with E-state index in [1.54, 1.807) is 24.3 Å². The molecule has 2 unspecified atom stereocenters. The van der Waals surface area contributed by atoms with Gasteiger partial charge in [-0.15, -0.1) is 0 Å². The van der Waals surface area contributed by atoms with Gasteiger partial charge >= 0.3 is 0 Å². The summed E-state index contributed by atoms with van der Waals surface area (Å²) in [5, 5.41) is 24.0. The lowest BCUT2D eigenvalue weighted by molar-refractivity contribution is -0.384. The largest absolute Gasteiger partial charge is 0.508 e. The van der Waals surface area contributed by atoms with E-state index in [0.717, 1.165) is 11.1 Å². The van der Waals surface area contributed by atoms with Gasteiger partial charge in [-0.1, -0.05) is 30.3 Å². The third kappa shape index (κ3) is 3.58. The molecule has 21 heavy (non-hydrogen) atoms. The van der Waals surface area contributed by atoms with E-state index in [1.807, 2.05) is 32.0 Å².